The molecule has 3 N–H and O–H groups in total. The maximum Gasteiger partial charge on any atom is 0.341 e. The number of piperazine rings is 1. The van der Waals surface area contributed by atoms with Crippen LogP contribution in [0.15, 0.2) is 23.1 Å². The number of carbonyl (C=O) groups is 1. The number of benzene rings is 1. The number of aromatic carboxylic acids is 1. The Bertz CT molecular complexity index is 938. The third-order valence-corrected chi connectivity index (χ3v) is 4.73. The minimum absolute atomic E-state index is 0.137. The molecule has 28 heavy (non-hydrogen) atoms. The summed E-state index contributed by atoms with van der Waals surface area (Å²) in [5.41, 5.74) is 0.159. The number of rotatable bonds is 3. The standard InChI is InChI=1S/C17H18FN3O3.ClHO3/c18-13-7-11-14(8-15(13)20-5-3-19-4-6-20)21(10-1-2-10)9-12(16(11)22)17(23)24;2-1(3)4/h7-10,19H,1-6H2,(H,23,24);2H. The van der Waals surface area contributed by atoms with Gasteiger partial charge in [0, 0.05) is 48.5 Å². The van der Waals surface area contributed by atoms with Crippen LogP contribution in [-0.2, 0) is 0 Å². The Morgan fingerprint density at radius 1 is 1.25 bits per heavy atom. The average Bonchev–Trinajstić information content (AvgIpc) is 3.47. The minimum Gasteiger partial charge on any atom is -0.477 e. The third kappa shape index (κ3) is 4.42. The van der Waals surface area contributed by atoms with Crippen molar-refractivity contribution in [3.05, 3.63) is 39.9 Å². The summed E-state index contributed by atoms with van der Waals surface area (Å²) < 4.78 is 40.4. The molecule has 1 aromatic heterocycles. The molecule has 2 aliphatic rings. The van der Waals surface area contributed by atoms with E-state index in [0.29, 0.717) is 24.3 Å². The first-order valence-electron chi connectivity index (χ1n) is 8.61. The second kappa shape index (κ2) is 8.41. The molecule has 2 heterocycles. The van der Waals surface area contributed by atoms with Crippen molar-refractivity contribution >= 4 is 22.6 Å². The van der Waals surface area contributed by atoms with Gasteiger partial charge in [-0.3, -0.25) is 4.79 Å². The first-order chi connectivity index (χ1) is 13.3. The second-order valence-corrected chi connectivity index (χ2v) is 6.98. The van der Waals surface area contributed by atoms with Gasteiger partial charge in [-0.05, 0) is 25.0 Å². The van der Waals surface area contributed by atoms with E-state index in [1.807, 2.05) is 9.47 Å². The number of nitrogens with one attached hydrogen (secondary N) is 1. The van der Waals surface area contributed by atoms with Gasteiger partial charge in [-0.1, -0.05) is 0 Å². The second-order valence-electron chi connectivity index (χ2n) is 6.57. The van der Waals surface area contributed by atoms with E-state index >= 15 is 0 Å². The van der Waals surface area contributed by atoms with Crippen molar-refractivity contribution < 1.29 is 39.1 Å². The number of halogens is 2. The van der Waals surface area contributed by atoms with E-state index in [4.69, 9.17) is 14.0 Å². The van der Waals surface area contributed by atoms with Gasteiger partial charge in [0.05, 0.1) is 11.2 Å². The van der Waals surface area contributed by atoms with Crippen molar-refractivity contribution in [3.8, 4) is 0 Å². The molecule has 1 aliphatic carbocycles. The molecule has 0 amide bonds. The molecule has 1 aliphatic heterocycles. The van der Waals surface area contributed by atoms with Crippen molar-refractivity contribution in [2.24, 2.45) is 0 Å². The molecular formula is C17H19ClFN3O6. The maximum absolute atomic E-state index is 14.6. The number of hydrogen-bond acceptors (Lipinski definition) is 7. The van der Waals surface area contributed by atoms with Crippen LogP contribution in [0.1, 0.15) is 29.2 Å². The van der Waals surface area contributed by atoms with Crippen LogP contribution in [0, 0.1) is 16.6 Å². The van der Waals surface area contributed by atoms with Crippen LogP contribution >= 0.6 is 0 Å². The van der Waals surface area contributed by atoms with Gasteiger partial charge in [0.25, 0.3) is 10.8 Å². The van der Waals surface area contributed by atoms with Crippen LogP contribution in [-0.4, -0.2) is 46.5 Å². The van der Waals surface area contributed by atoms with Crippen LogP contribution < -0.4 is 25.0 Å². The summed E-state index contributed by atoms with van der Waals surface area (Å²) in [6, 6.07) is 3.08. The Hall–Kier alpha value is -2.24. The lowest BCUT2D eigenvalue weighted by molar-refractivity contribution is -1.63. The molecule has 4 rings (SSSR count). The molecule has 11 heteroatoms. The highest BCUT2D eigenvalue weighted by molar-refractivity contribution is 5.93. The molecule has 0 radical (unpaired) electrons. The first kappa shape index (κ1) is 20.5. The molecule has 9 nitrogen and oxygen atoms in total. The zero-order valence-electron chi connectivity index (χ0n) is 14.7. The van der Waals surface area contributed by atoms with E-state index in [1.54, 1.807) is 6.07 Å². The zero-order valence-corrected chi connectivity index (χ0v) is 15.5. The SMILES string of the molecule is O=C(O)c1cn(C2CC2)c2cc(N3CCNCC3)c(F)cc2c1=O.[O-][Cl+2]([O-])O. The fourth-order valence-corrected chi connectivity index (χ4v) is 3.31. The van der Waals surface area contributed by atoms with Gasteiger partial charge >= 0.3 is 5.97 Å². The summed E-state index contributed by atoms with van der Waals surface area (Å²) in [5, 5.41) is 12.6. The molecule has 0 atom stereocenters. The average molecular weight is 416 g/mol. The van der Waals surface area contributed by atoms with Crippen molar-refractivity contribution in [1.29, 1.82) is 0 Å². The van der Waals surface area contributed by atoms with E-state index in [9.17, 15) is 19.1 Å². The summed E-state index contributed by atoms with van der Waals surface area (Å²) in [6.07, 6.45) is 3.29. The summed E-state index contributed by atoms with van der Waals surface area (Å²) in [5.74, 6) is -1.76. The van der Waals surface area contributed by atoms with Crippen LogP contribution in [0.4, 0.5) is 10.1 Å². The lowest BCUT2D eigenvalue weighted by atomic mass is 10.1. The van der Waals surface area contributed by atoms with E-state index in [1.165, 1.54) is 12.3 Å². The fraction of sp³-hybridized carbons (Fsp3) is 0.412. The van der Waals surface area contributed by atoms with Gasteiger partial charge in [-0.15, -0.1) is 0 Å². The highest BCUT2D eigenvalue weighted by atomic mass is 35.6. The molecule has 1 aromatic carbocycles. The number of fused-ring (bicyclic) bond motifs is 1. The normalized spacial score (nSPS) is 16.8. The maximum atomic E-state index is 14.6. The van der Waals surface area contributed by atoms with Gasteiger partial charge in [0.2, 0.25) is 5.43 Å². The Morgan fingerprint density at radius 3 is 2.39 bits per heavy atom. The van der Waals surface area contributed by atoms with Gasteiger partial charge in [-0.2, -0.15) is 0 Å². The number of aromatic nitrogens is 1. The monoisotopic (exact) mass is 415 g/mol. The Balaban J connectivity index is 0.000000516. The molecule has 1 saturated heterocycles. The zero-order chi connectivity index (χ0) is 20.4. The molecular weight excluding hydrogens is 397 g/mol. The Morgan fingerprint density at radius 2 is 1.86 bits per heavy atom. The molecule has 0 bridgehead atoms. The lowest BCUT2D eigenvalue weighted by Crippen LogP contribution is -2.43. The van der Waals surface area contributed by atoms with E-state index in [0.717, 1.165) is 25.9 Å². The number of carboxylic acid groups (broad SMARTS) is 1. The van der Waals surface area contributed by atoms with Crippen LogP contribution in [0.3, 0.4) is 0 Å². The van der Waals surface area contributed by atoms with Gasteiger partial charge in [-0.25, -0.2) is 9.18 Å². The third-order valence-electron chi connectivity index (χ3n) is 4.73. The molecule has 152 valence electrons. The Labute approximate surface area is 162 Å². The van der Waals surface area contributed by atoms with Crippen LogP contribution in [0.5, 0.6) is 0 Å². The van der Waals surface area contributed by atoms with Gasteiger partial charge < -0.3 is 29.2 Å². The van der Waals surface area contributed by atoms with Crippen LogP contribution in [0.2, 0.25) is 0 Å². The smallest absolute Gasteiger partial charge is 0.341 e. The van der Waals surface area contributed by atoms with Crippen molar-refractivity contribution in [1.82, 2.24) is 9.88 Å². The van der Waals surface area contributed by atoms with E-state index in [-0.39, 0.29) is 17.0 Å². The van der Waals surface area contributed by atoms with Crippen molar-refractivity contribution in [3.63, 3.8) is 0 Å². The number of pyridine rings is 1. The molecule has 0 spiro atoms. The fourth-order valence-electron chi connectivity index (χ4n) is 3.31. The minimum atomic E-state index is -2.60. The largest absolute Gasteiger partial charge is 0.477 e. The quantitative estimate of drug-likeness (QED) is 0.558. The summed E-state index contributed by atoms with van der Waals surface area (Å²) in [4.78, 5) is 25.7. The van der Waals surface area contributed by atoms with Crippen molar-refractivity contribution in [2.75, 3.05) is 31.1 Å². The molecule has 0 unspecified atom stereocenters. The van der Waals surface area contributed by atoms with Gasteiger partial charge in [0.1, 0.15) is 11.4 Å². The Kier molecular flexibility index (Phi) is 6.16. The van der Waals surface area contributed by atoms with E-state index < -0.39 is 28.0 Å². The lowest BCUT2D eigenvalue weighted by Gasteiger charge is -2.30. The first-order valence-corrected chi connectivity index (χ1v) is 9.57. The predicted molar refractivity (Wildman–Crippen MR) is 90.7 cm³/mol. The van der Waals surface area contributed by atoms with E-state index in [2.05, 4.69) is 5.32 Å². The van der Waals surface area contributed by atoms with Crippen molar-refractivity contribution in [2.45, 2.75) is 18.9 Å². The van der Waals surface area contributed by atoms with Crippen LogP contribution in [0.25, 0.3) is 10.9 Å². The molecule has 1 saturated carbocycles. The highest BCUT2D eigenvalue weighted by Gasteiger charge is 2.28. The predicted octanol–water partition coefficient (Wildman–Crippen LogP) is -1.35. The number of anilines is 1. The van der Waals surface area contributed by atoms with Gasteiger partial charge in [0.15, 0.2) is 0 Å². The molecule has 2 aromatic rings. The highest BCUT2D eigenvalue weighted by Crippen LogP contribution is 2.38. The summed E-state index contributed by atoms with van der Waals surface area (Å²) in [7, 11) is -2.60. The molecule has 2 fully saturated rings. The number of carboxylic acids is 1. The topological polar surface area (TPSA) is 141 Å². The summed E-state index contributed by atoms with van der Waals surface area (Å²) >= 11 is 0. The summed E-state index contributed by atoms with van der Waals surface area (Å²) in [6.45, 7) is 2.96. The number of hydrogen-bond donors (Lipinski definition) is 3. The number of nitrogens with zero attached hydrogens (tertiary/aromatic N) is 2.